The van der Waals surface area contributed by atoms with Crippen LogP contribution in [-0.2, 0) is 23.7 Å². The van der Waals surface area contributed by atoms with Crippen LogP contribution in [-0.4, -0.2) is 54.0 Å². The fraction of sp³-hybridized carbons (Fsp3) is 1.00. The molecular weight excluding hydrogens is 240 g/mol. The summed E-state index contributed by atoms with van der Waals surface area (Å²) in [7, 11) is 0. The van der Waals surface area contributed by atoms with Crippen molar-refractivity contribution in [3.8, 4) is 0 Å². The molecule has 3 rings (SSSR count). The van der Waals surface area contributed by atoms with Gasteiger partial charge < -0.3 is 28.8 Å². The molecule has 5 atom stereocenters. The van der Waals surface area contributed by atoms with E-state index in [1.165, 1.54) is 0 Å². The van der Waals surface area contributed by atoms with Crippen molar-refractivity contribution in [3.63, 3.8) is 0 Å². The average Bonchev–Trinajstić information content (AvgIpc) is 2.81. The highest BCUT2D eigenvalue weighted by atomic mass is 16.8. The summed E-state index contributed by atoms with van der Waals surface area (Å²) in [5, 5.41) is 10.3. The molecule has 0 bridgehead atoms. The molecule has 3 aliphatic heterocycles. The van der Waals surface area contributed by atoms with E-state index in [-0.39, 0.29) is 6.10 Å². The molecule has 1 N–H and O–H groups in total. The minimum Gasteiger partial charge on any atom is -0.387 e. The summed E-state index contributed by atoms with van der Waals surface area (Å²) in [6, 6.07) is 0. The zero-order chi connectivity index (χ0) is 13.1. The van der Waals surface area contributed by atoms with Gasteiger partial charge in [0.25, 0.3) is 0 Å². The van der Waals surface area contributed by atoms with E-state index in [1.807, 2.05) is 13.8 Å². The maximum atomic E-state index is 10.3. The molecule has 3 aliphatic rings. The lowest BCUT2D eigenvalue weighted by Crippen LogP contribution is -2.42. The Hall–Kier alpha value is -0.240. The standard InChI is InChI=1S/C12H20O6/c1-11(2)14-5-6(16-11)8-7(13)9-10(15-8)18-12(3,4)17-9/h6-10,13H,5H2,1-4H3/t6?,7?,8-,9?,10+/m1/s1. The van der Waals surface area contributed by atoms with Crippen LogP contribution >= 0.6 is 0 Å². The third kappa shape index (κ3) is 2.07. The molecule has 0 radical (unpaired) electrons. The van der Waals surface area contributed by atoms with Gasteiger partial charge in [-0.25, -0.2) is 0 Å². The monoisotopic (exact) mass is 260 g/mol. The molecule has 3 saturated heterocycles. The largest absolute Gasteiger partial charge is 0.387 e. The molecule has 3 fully saturated rings. The fourth-order valence-electron chi connectivity index (χ4n) is 2.70. The molecule has 0 amide bonds. The summed E-state index contributed by atoms with van der Waals surface area (Å²) in [5.41, 5.74) is 0. The molecule has 3 unspecified atom stereocenters. The average molecular weight is 260 g/mol. The Morgan fingerprint density at radius 1 is 0.944 bits per heavy atom. The van der Waals surface area contributed by atoms with Crippen LogP contribution in [0.4, 0.5) is 0 Å². The van der Waals surface area contributed by atoms with Crippen molar-refractivity contribution in [3.05, 3.63) is 0 Å². The van der Waals surface area contributed by atoms with E-state index in [2.05, 4.69) is 0 Å². The van der Waals surface area contributed by atoms with Crippen LogP contribution in [0.5, 0.6) is 0 Å². The summed E-state index contributed by atoms with van der Waals surface area (Å²) in [4.78, 5) is 0. The van der Waals surface area contributed by atoms with Crippen LogP contribution < -0.4 is 0 Å². The van der Waals surface area contributed by atoms with Crippen LogP contribution in [0.2, 0.25) is 0 Å². The van der Waals surface area contributed by atoms with Gasteiger partial charge in [-0.3, -0.25) is 0 Å². The number of fused-ring (bicyclic) bond motifs is 1. The van der Waals surface area contributed by atoms with Crippen LogP contribution in [0.15, 0.2) is 0 Å². The van der Waals surface area contributed by atoms with Gasteiger partial charge >= 0.3 is 0 Å². The Morgan fingerprint density at radius 3 is 2.22 bits per heavy atom. The summed E-state index contributed by atoms with van der Waals surface area (Å²) < 4.78 is 28.1. The predicted octanol–water partition coefficient (Wildman–Crippen LogP) is 0.375. The second-order valence-electron chi connectivity index (χ2n) is 5.93. The maximum Gasteiger partial charge on any atom is 0.190 e. The summed E-state index contributed by atoms with van der Waals surface area (Å²) >= 11 is 0. The van der Waals surface area contributed by atoms with E-state index in [0.29, 0.717) is 6.61 Å². The minimum atomic E-state index is -0.765. The van der Waals surface area contributed by atoms with E-state index < -0.39 is 36.2 Å². The van der Waals surface area contributed by atoms with Crippen molar-refractivity contribution in [2.45, 2.75) is 70.0 Å². The zero-order valence-corrected chi connectivity index (χ0v) is 11.1. The molecule has 0 aromatic heterocycles. The van der Waals surface area contributed by atoms with Crippen LogP contribution in [0.3, 0.4) is 0 Å². The van der Waals surface area contributed by atoms with E-state index >= 15 is 0 Å². The van der Waals surface area contributed by atoms with E-state index in [0.717, 1.165) is 0 Å². The molecule has 6 heteroatoms. The Kier molecular flexibility index (Phi) is 2.75. The molecule has 0 saturated carbocycles. The van der Waals surface area contributed by atoms with Gasteiger partial charge in [-0.15, -0.1) is 0 Å². The molecule has 0 spiro atoms. The highest BCUT2D eigenvalue weighted by Gasteiger charge is 2.57. The highest BCUT2D eigenvalue weighted by Crippen LogP contribution is 2.40. The molecule has 104 valence electrons. The van der Waals surface area contributed by atoms with Gasteiger partial charge in [-0.05, 0) is 27.7 Å². The maximum absolute atomic E-state index is 10.3. The van der Waals surface area contributed by atoms with Gasteiger partial charge in [0, 0.05) is 0 Å². The quantitative estimate of drug-likeness (QED) is 0.735. The molecule has 18 heavy (non-hydrogen) atoms. The van der Waals surface area contributed by atoms with Gasteiger partial charge in [-0.2, -0.15) is 0 Å². The number of ether oxygens (including phenoxy) is 5. The minimum absolute atomic E-state index is 0.295. The van der Waals surface area contributed by atoms with Crippen LogP contribution in [0, 0.1) is 0 Å². The van der Waals surface area contributed by atoms with Gasteiger partial charge in [0.2, 0.25) is 0 Å². The van der Waals surface area contributed by atoms with Crippen molar-refractivity contribution in [2.24, 2.45) is 0 Å². The first kappa shape index (κ1) is 12.8. The Labute approximate surface area is 106 Å². The van der Waals surface area contributed by atoms with Crippen molar-refractivity contribution in [1.82, 2.24) is 0 Å². The van der Waals surface area contributed by atoms with Crippen LogP contribution in [0.1, 0.15) is 27.7 Å². The van der Waals surface area contributed by atoms with E-state index in [4.69, 9.17) is 23.7 Å². The second kappa shape index (κ2) is 3.88. The SMILES string of the molecule is CC1(C)OCC([C@H]2O[C@H]3OC(C)(C)OC3C2O)O1. The Balaban J connectivity index is 1.68. The number of aliphatic hydroxyl groups is 1. The Morgan fingerprint density at radius 2 is 1.67 bits per heavy atom. The predicted molar refractivity (Wildman–Crippen MR) is 59.6 cm³/mol. The van der Waals surface area contributed by atoms with E-state index in [1.54, 1.807) is 13.8 Å². The first-order chi connectivity index (χ1) is 8.27. The summed E-state index contributed by atoms with van der Waals surface area (Å²) in [6.45, 7) is 7.68. The number of aliphatic hydroxyl groups excluding tert-OH is 1. The van der Waals surface area contributed by atoms with Crippen molar-refractivity contribution in [2.75, 3.05) is 6.61 Å². The lowest BCUT2D eigenvalue weighted by atomic mass is 10.1. The Bertz CT molecular complexity index is 341. The first-order valence-corrected chi connectivity index (χ1v) is 6.28. The molecular formula is C12H20O6. The van der Waals surface area contributed by atoms with Crippen molar-refractivity contribution in [1.29, 1.82) is 0 Å². The topological polar surface area (TPSA) is 66.4 Å². The van der Waals surface area contributed by atoms with Crippen molar-refractivity contribution < 1.29 is 28.8 Å². The fourth-order valence-corrected chi connectivity index (χ4v) is 2.70. The summed E-state index contributed by atoms with van der Waals surface area (Å²) in [5.74, 6) is -1.35. The third-order valence-corrected chi connectivity index (χ3v) is 3.45. The number of hydrogen-bond acceptors (Lipinski definition) is 6. The van der Waals surface area contributed by atoms with Gasteiger partial charge in [0.1, 0.15) is 24.4 Å². The number of rotatable bonds is 1. The first-order valence-electron chi connectivity index (χ1n) is 6.28. The lowest BCUT2D eigenvalue weighted by Gasteiger charge is -2.26. The highest BCUT2D eigenvalue weighted by molar-refractivity contribution is 4.97. The second-order valence-corrected chi connectivity index (χ2v) is 5.93. The molecule has 0 aliphatic carbocycles. The van der Waals surface area contributed by atoms with Gasteiger partial charge in [0.15, 0.2) is 17.9 Å². The molecule has 0 aromatic carbocycles. The van der Waals surface area contributed by atoms with Gasteiger partial charge in [-0.1, -0.05) is 0 Å². The van der Waals surface area contributed by atoms with Gasteiger partial charge in [0.05, 0.1) is 6.61 Å². The lowest BCUT2D eigenvalue weighted by molar-refractivity contribution is -0.232. The normalized spacial score (nSPS) is 49.5. The van der Waals surface area contributed by atoms with Crippen molar-refractivity contribution >= 4 is 0 Å². The number of hydrogen-bond donors (Lipinski definition) is 1. The third-order valence-electron chi connectivity index (χ3n) is 3.45. The zero-order valence-electron chi connectivity index (χ0n) is 11.1. The summed E-state index contributed by atoms with van der Waals surface area (Å²) in [6.07, 6.45) is -2.53. The molecule has 6 nitrogen and oxygen atoms in total. The smallest absolute Gasteiger partial charge is 0.190 e. The van der Waals surface area contributed by atoms with E-state index in [9.17, 15) is 5.11 Å². The molecule has 3 heterocycles. The van der Waals surface area contributed by atoms with Crippen LogP contribution in [0.25, 0.3) is 0 Å². The molecule has 0 aromatic rings.